The summed E-state index contributed by atoms with van der Waals surface area (Å²) in [5.74, 6) is -0.0485. The zero-order chi connectivity index (χ0) is 13.7. The van der Waals surface area contributed by atoms with Crippen LogP contribution in [0.5, 0.6) is 0 Å². The normalized spacial score (nSPS) is 20.3. The summed E-state index contributed by atoms with van der Waals surface area (Å²) in [7, 11) is 1.72. The Bertz CT molecular complexity index is 348. The highest BCUT2D eigenvalue weighted by Crippen LogP contribution is 2.04. The van der Waals surface area contributed by atoms with E-state index in [1.807, 2.05) is 4.90 Å². The molecule has 0 aromatic heterocycles. The summed E-state index contributed by atoms with van der Waals surface area (Å²) in [6.07, 6.45) is 0.521. The van der Waals surface area contributed by atoms with Gasteiger partial charge in [-0.25, -0.2) is 0 Å². The first kappa shape index (κ1) is 14.8. The molecule has 1 atom stereocenters. The first-order valence-corrected chi connectivity index (χ1v) is 6.36. The Morgan fingerprint density at radius 2 is 2.33 bits per heavy atom. The average molecular weight is 272 g/mol. The molecule has 2 amide bonds. The Balaban J connectivity index is 2.43. The number of nitrogens with zero attached hydrogens (tertiary/aromatic N) is 2. The SMILES string of the molecule is CC1C(=O)NCCN1CC(=O)N(C)CCC(N)=S. The Kier molecular flexibility index (Phi) is 5.49. The molecule has 1 heterocycles. The first-order chi connectivity index (χ1) is 8.41. The minimum absolute atomic E-state index is 0.0206. The van der Waals surface area contributed by atoms with E-state index in [0.717, 1.165) is 0 Å². The molecule has 0 spiro atoms. The van der Waals surface area contributed by atoms with Crippen LogP contribution >= 0.6 is 12.2 Å². The summed E-state index contributed by atoms with van der Waals surface area (Å²) in [6.45, 7) is 3.86. The molecule has 0 aliphatic carbocycles. The van der Waals surface area contributed by atoms with E-state index in [0.29, 0.717) is 31.0 Å². The summed E-state index contributed by atoms with van der Waals surface area (Å²) < 4.78 is 0. The number of hydrogen-bond acceptors (Lipinski definition) is 4. The Hall–Kier alpha value is -1.21. The zero-order valence-corrected chi connectivity index (χ0v) is 11.6. The van der Waals surface area contributed by atoms with Crippen molar-refractivity contribution in [2.45, 2.75) is 19.4 Å². The summed E-state index contributed by atoms with van der Waals surface area (Å²) in [5.41, 5.74) is 5.40. The second-order valence-electron chi connectivity index (χ2n) is 4.47. The highest BCUT2D eigenvalue weighted by molar-refractivity contribution is 7.80. The van der Waals surface area contributed by atoms with E-state index in [2.05, 4.69) is 5.32 Å². The van der Waals surface area contributed by atoms with Gasteiger partial charge in [-0.3, -0.25) is 14.5 Å². The van der Waals surface area contributed by atoms with E-state index in [9.17, 15) is 9.59 Å². The lowest BCUT2D eigenvalue weighted by Crippen LogP contribution is -2.56. The number of likely N-dealkylation sites (N-methyl/N-ethyl adjacent to an activating group) is 1. The van der Waals surface area contributed by atoms with Crippen LogP contribution in [0.25, 0.3) is 0 Å². The molecule has 1 aliphatic rings. The molecular formula is C11H20N4O2S. The lowest BCUT2D eigenvalue weighted by Gasteiger charge is -2.33. The summed E-state index contributed by atoms with van der Waals surface area (Å²) >= 11 is 4.77. The molecule has 6 nitrogen and oxygen atoms in total. The predicted molar refractivity (Wildman–Crippen MR) is 73.1 cm³/mol. The third-order valence-corrected chi connectivity index (χ3v) is 3.29. The molecule has 0 saturated carbocycles. The predicted octanol–water partition coefficient (Wildman–Crippen LogP) is -1.06. The van der Waals surface area contributed by atoms with Crippen molar-refractivity contribution < 1.29 is 9.59 Å². The molecule has 1 fully saturated rings. The van der Waals surface area contributed by atoms with Crippen LogP contribution in [0.2, 0.25) is 0 Å². The summed E-state index contributed by atoms with van der Waals surface area (Å²) in [6, 6.07) is -0.258. The smallest absolute Gasteiger partial charge is 0.237 e. The zero-order valence-electron chi connectivity index (χ0n) is 10.8. The topological polar surface area (TPSA) is 78.7 Å². The fourth-order valence-electron chi connectivity index (χ4n) is 1.74. The molecule has 3 N–H and O–H groups in total. The lowest BCUT2D eigenvalue weighted by molar-refractivity contribution is -0.135. The van der Waals surface area contributed by atoms with Gasteiger partial charge in [0.25, 0.3) is 0 Å². The second-order valence-corrected chi connectivity index (χ2v) is 4.99. The number of nitrogens with two attached hydrogens (primary N) is 1. The van der Waals surface area contributed by atoms with Crippen LogP contribution in [-0.4, -0.2) is 65.9 Å². The van der Waals surface area contributed by atoms with Crippen molar-refractivity contribution >= 4 is 29.0 Å². The van der Waals surface area contributed by atoms with Crippen LogP contribution in [0.4, 0.5) is 0 Å². The van der Waals surface area contributed by atoms with Gasteiger partial charge in [0, 0.05) is 33.1 Å². The molecule has 0 aromatic rings. The van der Waals surface area contributed by atoms with Gasteiger partial charge in [0.05, 0.1) is 17.6 Å². The summed E-state index contributed by atoms with van der Waals surface area (Å²) in [5, 5.41) is 2.77. The van der Waals surface area contributed by atoms with Crippen LogP contribution < -0.4 is 11.1 Å². The van der Waals surface area contributed by atoms with E-state index in [-0.39, 0.29) is 24.4 Å². The lowest BCUT2D eigenvalue weighted by atomic mass is 10.2. The molecule has 0 radical (unpaired) electrons. The monoisotopic (exact) mass is 272 g/mol. The number of thiocarbonyl (C=S) groups is 1. The quantitative estimate of drug-likeness (QED) is 0.624. The van der Waals surface area contributed by atoms with Crippen molar-refractivity contribution in [3.05, 3.63) is 0 Å². The molecule has 7 heteroatoms. The average Bonchev–Trinajstić information content (AvgIpc) is 2.31. The van der Waals surface area contributed by atoms with Crippen molar-refractivity contribution in [2.75, 3.05) is 33.2 Å². The van der Waals surface area contributed by atoms with E-state index in [4.69, 9.17) is 18.0 Å². The van der Waals surface area contributed by atoms with Gasteiger partial charge >= 0.3 is 0 Å². The molecule has 1 rings (SSSR count). The Labute approximate surface area is 112 Å². The van der Waals surface area contributed by atoms with Crippen LogP contribution in [0.3, 0.4) is 0 Å². The number of rotatable bonds is 5. The van der Waals surface area contributed by atoms with Gasteiger partial charge in [0.1, 0.15) is 0 Å². The minimum Gasteiger partial charge on any atom is -0.393 e. The van der Waals surface area contributed by atoms with E-state index >= 15 is 0 Å². The van der Waals surface area contributed by atoms with Crippen LogP contribution in [0, 0.1) is 0 Å². The van der Waals surface area contributed by atoms with Gasteiger partial charge < -0.3 is 16.0 Å². The molecule has 0 aromatic carbocycles. The number of amides is 2. The maximum Gasteiger partial charge on any atom is 0.237 e. The van der Waals surface area contributed by atoms with E-state index in [1.54, 1.807) is 18.9 Å². The first-order valence-electron chi connectivity index (χ1n) is 5.96. The van der Waals surface area contributed by atoms with Crippen molar-refractivity contribution in [1.29, 1.82) is 0 Å². The molecule has 1 aliphatic heterocycles. The Morgan fingerprint density at radius 1 is 1.67 bits per heavy atom. The third kappa shape index (κ3) is 4.23. The molecule has 0 bridgehead atoms. The molecule has 1 saturated heterocycles. The van der Waals surface area contributed by atoms with Gasteiger partial charge in [0.15, 0.2) is 0 Å². The largest absolute Gasteiger partial charge is 0.393 e. The van der Waals surface area contributed by atoms with Crippen molar-refractivity contribution in [1.82, 2.24) is 15.1 Å². The molecular weight excluding hydrogens is 252 g/mol. The highest BCUT2D eigenvalue weighted by Gasteiger charge is 2.27. The van der Waals surface area contributed by atoms with Gasteiger partial charge in [-0.2, -0.15) is 0 Å². The van der Waals surface area contributed by atoms with Crippen molar-refractivity contribution in [3.8, 4) is 0 Å². The standard InChI is InChI=1S/C11H20N4O2S/c1-8-11(17)13-4-6-15(8)7-10(16)14(2)5-3-9(12)18/h8H,3-7H2,1-2H3,(H2,12,18)(H,13,17). The third-order valence-electron chi connectivity index (χ3n) is 3.08. The molecule has 18 heavy (non-hydrogen) atoms. The van der Waals surface area contributed by atoms with Gasteiger partial charge in [-0.05, 0) is 6.92 Å². The highest BCUT2D eigenvalue weighted by atomic mass is 32.1. The maximum atomic E-state index is 11.9. The minimum atomic E-state index is -0.258. The number of hydrogen-bond donors (Lipinski definition) is 2. The van der Waals surface area contributed by atoms with E-state index < -0.39 is 0 Å². The molecule has 102 valence electrons. The maximum absolute atomic E-state index is 11.9. The Morgan fingerprint density at radius 3 is 2.94 bits per heavy atom. The fourth-order valence-corrected chi connectivity index (χ4v) is 1.83. The number of carbonyl (C=O) groups excluding carboxylic acids is 2. The molecule has 1 unspecified atom stereocenters. The van der Waals surface area contributed by atoms with Gasteiger partial charge in [-0.1, -0.05) is 12.2 Å². The second kappa shape index (κ2) is 6.65. The number of nitrogens with one attached hydrogen (secondary N) is 1. The fraction of sp³-hybridized carbons (Fsp3) is 0.727. The van der Waals surface area contributed by atoms with Gasteiger partial charge in [0.2, 0.25) is 11.8 Å². The van der Waals surface area contributed by atoms with Gasteiger partial charge in [-0.15, -0.1) is 0 Å². The van der Waals surface area contributed by atoms with Crippen molar-refractivity contribution in [2.24, 2.45) is 5.73 Å². The van der Waals surface area contributed by atoms with Crippen LogP contribution in [0.1, 0.15) is 13.3 Å². The van der Waals surface area contributed by atoms with Crippen molar-refractivity contribution in [3.63, 3.8) is 0 Å². The summed E-state index contributed by atoms with van der Waals surface area (Å²) in [4.78, 5) is 27.3. The number of piperazine rings is 1. The van der Waals surface area contributed by atoms with Crippen LogP contribution in [-0.2, 0) is 9.59 Å². The number of carbonyl (C=O) groups is 2. The van der Waals surface area contributed by atoms with E-state index in [1.165, 1.54) is 0 Å². The van der Waals surface area contributed by atoms with Crippen LogP contribution in [0.15, 0.2) is 0 Å².